The van der Waals surface area contributed by atoms with Crippen molar-refractivity contribution in [1.82, 2.24) is 0 Å². The lowest BCUT2D eigenvalue weighted by Gasteiger charge is -2.60. The standard InChI is InChI=1S/C12H20S/c1-8-9(7-13-4)5-10-6-11(8)12(10,2)3/h9-11H,1,5-7H2,2-4H3/t9-,10-,11+/m1/s1. The second-order valence-corrected chi connectivity index (χ2v) is 6.18. The van der Waals surface area contributed by atoms with Gasteiger partial charge in [-0.25, -0.2) is 0 Å². The van der Waals surface area contributed by atoms with Gasteiger partial charge in [-0.3, -0.25) is 0 Å². The summed E-state index contributed by atoms with van der Waals surface area (Å²) >= 11 is 1.97. The molecule has 3 saturated carbocycles. The Morgan fingerprint density at radius 3 is 2.62 bits per heavy atom. The zero-order valence-electron chi connectivity index (χ0n) is 8.97. The lowest BCUT2D eigenvalue weighted by atomic mass is 9.45. The minimum atomic E-state index is 0.575. The Hall–Kier alpha value is 0.0900. The van der Waals surface area contributed by atoms with Crippen molar-refractivity contribution in [1.29, 1.82) is 0 Å². The first-order valence-corrected chi connectivity index (χ1v) is 6.64. The van der Waals surface area contributed by atoms with Crippen molar-refractivity contribution in [2.75, 3.05) is 12.0 Å². The first kappa shape index (κ1) is 9.64. The van der Waals surface area contributed by atoms with Gasteiger partial charge in [-0.05, 0) is 48.0 Å². The van der Waals surface area contributed by atoms with Crippen molar-refractivity contribution in [3.63, 3.8) is 0 Å². The number of hydrogen-bond acceptors (Lipinski definition) is 1. The van der Waals surface area contributed by atoms with Crippen molar-refractivity contribution in [3.05, 3.63) is 12.2 Å². The van der Waals surface area contributed by atoms with E-state index in [0.717, 1.165) is 17.8 Å². The van der Waals surface area contributed by atoms with Crippen LogP contribution in [0, 0.1) is 23.2 Å². The maximum absolute atomic E-state index is 4.32. The predicted molar refractivity (Wildman–Crippen MR) is 61.0 cm³/mol. The van der Waals surface area contributed by atoms with Gasteiger partial charge in [0.15, 0.2) is 0 Å². The molecule has 3 fully saturated rings. The fourth-order valence-electron chi connectivity index (χ4n) is 3.20. The molecule has 0 unspecified atom stereocenters. The number of allylic oxidation sites excluding steroid dienone is 1. The van der Waals surface area contributed by atoms with Crippen LogP contribution in [0.2, 0.25) is 0 Å². The highest BCUT2D eigenvalue weighted by Gasteiger charge is 2.54. The molecule has 0 aromatic heterocycles. The summed E-state index contributed by atoms with van der Waals surface area (Å²) in [5, 5.41) is 0. The van der Waals surface area contributed by atoms with Crippen LogP contribution in [0.1, 0.15) is 26.7 Å². The number of fused-ring (bicyclic) bond motifs is 2. The SMILES string of the molecule is C=C1[C@@H](CSC)C[C@@H]2C[C@@H]1C2(C)C. The maximum Gasteiger partial charge on any atom is -0.000445 e. The molecule has 13 heavy (non-hydrogen) atoms. The molecule has 0 aromatic rings. The van der Waals surface area contributed by atoms with Crippen molar-refractivity contribution < 1.29 is 0 Å². The van der Waals surface area contributed by atoms with E-state index in [1.165, 1.54) is 18.6 Å². The molecule has 0 aliphatic heterocycles. The second kappa shape index (κ2) is 3.05. The third-order valence-corrected chi connectivity index (χ3v) is 5.12. The van der Waals surface area contributed by atoms with Crippen LogP contribution >= 0.6 is 11.8 Å². The topological polar surface area (TPSA) is 0 Å². The molecule has 0 amide bonds. The number of hydrogen-bond donors (Lipinski definition) is 0. The fourth-order valence-corrected chi connectivity index (χ4v) is 3.95. The van der Waals surface area contributed by atoms with Gasteiger partial charge in [0.1, 0.15) is 0 Å². The van der Waals surface area contributed by atoms with E-state index in [1.807, 2.05) is 11.8 Å². The van der Waals surface area contributed by atoms with E-state index >= 15 is 0 Å². The second-order valence-electron chi connectivity index (χ2n) is 5.27. The molecular weight excluding hydrogens is 176 g/mol. The van der Waals surface area contributed by atoms with E-state index in [1.54, 1.807) is 5.57 Å². The molecule has 3 aliphatic rings. The van der Waals surface area contributed by atoms with Crippen molar-refractivity contribution >= 4 is 11.8 Å². The van der Waals surface area contributed by atoms with Gasteiger partial charge in [0, 0.05) is 0 Å². The highest BCUT2D eigenvalue weighted by molar-refractivity contribution is 7.98. The number of rotatable bonds is 2. The summed E-state index contributed by atoms with van der Waals surface area (Å²) in [7, 11) is 0. The Labute approximate surface area is 86.2 Å². The van der Waals surface area contributed by atoms with Crippen molar-refractivity contribution in [2.45, 2.75) is 26.7 Å². The van der Waals surface area contributed by atoms with Gasteiger partial charge in [-0.15, -0.1) is 0 Å². The van der Waals surface area contributed by atoms with Crippen LogP contribution in [0.5, 0.6) is 0 Å². The minimum Gasteiger partial charge on any atom is -0.165 e. The summed E-state index contributed by atoms with van der Waals surface area (Å²) in [4.78, 5) is 0. The Morgan fingerprint density at radius 1 is 1.46 bits per heavy atom. The Bertz CT molecular complexity index is 229. The van der Waals surface area contributed by atoms with Gasteiger partial charge in [0.2, 0.25) is 0 Å². The summed E-state index contributed by atoms with van der Waals surface area (Å²) in [6, 6.07) is 0. The highest BCUT2D eigenvalue weighted by Crippen LogP contribution is 2.62. The molecule has 0 spiro atoms. The van der Waals surface area contributed by atoms with Crippen LogP contribution in [0.25, 0.3) is 0 Å². The normalized spacial score (nSPS) is 41.5. The fraction of sp³-hybridized carbons (Fsp3) is 0.833. The van der Waals surface area contributed by atoms with Crippen molar-refractivity contribution in [2.24, 2.45) is 23.2 Å². The van der Waals surface area contributed by atoms with E-state index in [9.17, 15) is 0 Å². The average Bonchev–Trinajstić information content (AvgIpc) is 2.08. The van der Waals surface area contributed by atoms with E-state index < -0.39 is 0 Å². The molecule has 0 N–H and O–H groups in total. The quantitative estimate of drug-likeness (QED) is 0.608. The Kier molecular flexibility index (Phi) is 2.26. The highest BCUT2D eigenvalue weighted by atomic mass is 32.2. The molecule has 1 heteroatoms. The van der Waals surface area contributed by atoms with E-state index in [2.05, 4.69) is 26.7 Å². The third kappa shape index (κ3) is 1.27. The van der Waals surface area contributed by atoms with Gasteiger partial charge >= 0.3 is 0 Å². The summed E-state index contributed by atoms with van der Waals surface area (Å²) in [6.07, 6.45) is 5.04. The summed E-state index contributed by atoms with van der Waals surface area (Å²) < 4.78 is 0. The van der Waals surface area contributed by atoms with Crippen LogP contribution in [-0.4, -0.2) is 12.0 Å². The van der Waals surface area contributed by atoms with Crippen LogP contribution in [-0.2, 0) is 0 Å². The monoisotopic (exact) mass is 196 g/mol. The van der Waals surface area contributed by atoms with Gasteiger partial charge in [-0.2, -0.15) is 11.8 Å². The molecule has 0 radical (unpaired) electrons. The van der Waals surface area contributed by atoms with E-state index in [4.69, 9.17) is 0 Å². The Balaban J connectivity index is 2.08. The lowest BCUT2D eigenvalue weighted by Crippen LogP contribution is -2.52. The molecule has 3 aliphatic carbocycles. The van der Waals surface area contributed by atoms with Crippen molar-refractivity contribution in [3.8, 4) is 0 Å². The maximum atomic E-state index is 4.32. The molecule has 2 bridgehead atoms. The lowest BCUT2D eigenvalue weighted by molar-refractivity contribution is -0.0430. The first-order valence-electron chi connectivity index (χ1n) is 5.25. The van der Waals surface area contributed by atoms with Crippen LogP contribution in [0.4, 0.5) is 0 Å². The summed E-state index contributed by atoms with van der Waals surface area (Å²) in [5.41, 5.74) is 2.13. The third-order valence-electron chi connectivity index (χ3n) is 4.38. The average molecular weight is 196 g/mol. The van der Waals surface area contributed by atoms with Gasteiger partial charge in [0.05, 0.1) is 0 Å². The van der Waals surface area contributed by atoms with Crippen LogP contribution in [0.3, 0.4) is 0 Å². The number of thioether (sulfide) groups is 1. The molecule has 0 heterocycles. The predicted octanol–water partition coefficient (Wildman–Crippen LogP) is 3.59. The summed E-state index contributed by atoms with van der Waals surface area (Å²) in [5.74, 6) is 3.94. The van der Waals surface area contributed by atoms with Gasteiger partial charge in [0.25, 0.3) is 0 Å². The minimum absolute atomic E-state index is 0.575. The molecule has 3 atom stereocenters. The summed E-state index contributed by atoms with van der Waals surface area (Å²) in [6.45, 7) is 9.16. The van der Waals surface area contributed by atoms with Crippen LogP contribution < -0.4 is 0 Å². The van der Waals surface area contributed by atoms with Gasteiger partial charge in [-0.1, -0.05) is 26.0 Å². The smallest absolute Gasteiger partial charge is 0.000445 e. The molecule has 0 nitrogen and oxygen atoms in total. The van der Waals surface area contributed by atoms with E-state index in [0.29, 0.717) is 5.41 Å². The first-order chi connectivity index (χ1) is 6.07. The molecule has 0 saturated heterocycles. The molecular formula is C12H20S. The molecule has 0 aromatic carbocycles. The zero-order valence-corrected chi connectivity index (χ0v) is 9.79. The Morgan fingerprint density at radius 2 is 2.15 bits per heavy atom. The van der Waals surface area contributed by atoms with E-state index in [-0.39, 0.29) is 0 Å². The largest absolute Gasteiger partial charge is 0.165 e. The zero-order chi connectivity index (χ0) is 9.64. The van der Waals surface area contributed by atoms with Crippen LogP contribution in [0.15, 0.2) is 12.2 Å². The van der Waals surface area contributed by atoms with Gasteiger partial charge < -0.3 is 0 Å². The molecule has 3 rings (SSSR count). The molecule has 74 valence electrons.